The van der Waals surface area contributed by atoms with Gasteiger partial charge in [0.2, 0.25) is 5.91 Å². The van der Waals surface area contributed by atoms with E-state index in [1.165, 1.54) is 11.0 Å². The fraction of sp³-hybridized carbons (Fsp3) is 0.571. The summed E-state index contributed by atoms with van der Waals surface area (Å²) in [6.07, 6.45) is 8.18. The molecule has 1 unspecified atom stereocenters. The van der Waals surface area contributed by atoms with Crippen molar-refractivity contribution in [3.63, 3.8) is 0 Å². The van der Waals surface area contributed by atoms with Crippen molar-refractivity contribution >= 4 is 11.9 Å². The van der Waals surface area contributed by atoms with Crippen molar-refractivity contribution in [2.24, 2.45) is 5.41 Å². The van der Waals surface area contributed by atoms with Crippen molar-refractivity contribution in [2.45, 2.75) is 45.6 Å². The largest absolute Gasteiger partial charge is 0.456 e. The van der Waals surface area contributed by atoms with Crippen molar-refractivity contribution in [1.82, 2.24) is 40.0 Å². The number of tetrazole rings is 1. The number of hydrogen-bond acceptors (Lipinski definition) is 9. The third-order valence-electron chi connectivity index (χ3n) is 6.94. The molecule has 1 atom stereocenters. The summed E-state index contributed by atoms with van der Waals surface area (Å²) in [4.78, 5) is 38.3. The molecule has 0 aromatic carbocycles. The maximum absolute atomic E-state index is 13.4. The fourth-order valence-electron chi connectivity index (χ4n) is 5.06. The Morgan fingerprint density at radius 1 is 1.19 bits per heavy atom. The molecule has 1 spiro atoms. The Kier molecular flexibility index (Phi) is 5.20. The number of amides is 1. The second kappa shape index (κ2) is 8.05. The van der Waals surface area contributed by atoms with Gasteiger partial charge in [0.1, 0.15) is 12.9 Å². The van der Waals surface area contributed by atoms with Gasteiger partial charge in [0.15, 0.2) is 5.82 Å². The Morgan fingerprint density at radius 2 is 2.00 bits per heavy atom. The van der Waals surface area contributed by atoms with Gasteiger partial charge in [-0.3, -0.25) is 9.78 Å². The molecule has 2 saturated heterocycles. The van der Waals surface area contributed by atoms with Gasteiger partial charge in [-0.2, -0.15) is 4.68 Å². The minimum atomic E-state index is -0.331. The number of carbonyl (C=O) groups is 2. The number of carbonyl (C=O) groups excluding carboxylic acids is 2. The summed E-state index contributed by atoms with van der Waals surface area (Å²) in [5, 5.41) is 11.0. The van der Waals surface area contributed by atoms with E-state index in [0.29, 0.717) is 11.4 Å². The second-order valence-electron chi connectivity index (χ2n) is 8.87. The van der Waals surface area contributed by atoms with Gasteiger partial charge >= 0.3 is 5.97 Å². The predicted octanol–water partition coefficient (Wildman–Crippen LogP) is 0.529. The zero-order chi connectivity index (χ0) is 22.3. The molecule has 3 aliphatic heterocycles. The highest BCUT2D eigenvalue weighted by Crippen LogP contribution is 2.46. The van der Waals surface area contributed by atoms with Crippen molar-refractivity contribution in [1.29, 1.82) is 0 Å². The molecule has 0 aliphatic carbocycles. The highest BCUT2D eigenvalue weighted by molar-refractivity contribution is 5.94. The van der Waals surface area contributed by atoms with E-state index in [2.05, 4.69) is 37.3 Å². The molecular formula is C21H26N8O3. The molecule has 11 nitrogen and oxygen atoms in total. The molecule has 0 saturated carbocycles. The van der Waals surface area contributed by atoms with E-state index in [-0.39, 0.29) is 29.9 Å². The number of cyclic esters (lactones) is 1. The molecule has 5 rings (SSSR count). The first-order valence-electron chi connectivity index (χ1n) is 10.9. The van der Waals surface area contributed by atoms with Gasteiger partial charge in [-0.1, -0.05) is 0 Å². The molecule has 2 aromatic rings. The van der Waals surface area contributed by atoms with Crippen molar-refractivity contribution in [2.75, 3.05) is 26.2 Å². The Morgan fingerprint density at radius 3 is 2.62 bits per heavy atom. The van der Waals surface area contributed by atoms with Crippen LogP contribution in [0.2, 0.25) is 0 Å². The molecule has 2 fully saturated rings. The van der Waals surface area contributed by atoms with Crippen molar-refractivity contribution in [3.8, 4) is 5.82 Å². The molecule has 11 heteroatoms. The molecular weight excluding hydrogens is 412 g/mol. The van der Waals surface area contributed by atoms with Crippen LogP contribution in [0.1, 0.15) is 38.8 Å². The SMILES string of the molecule is CC1=C(N2C(=O)C3(CCN(CCc4cnc(-n5cnnn5)cn4)CC3)CC2C)COC1=O. The summed E-state index contributed by atoms with van der Waals surface area (Å²) in [6.45, 7) is 6.63. The average Bonchev–Trinajstić information content (AvgIpc) is 3.50. The van der Waals surface area contributed by atoms with Crippen LogP contribution in [-0.4, -0.2) is 84.1 Å². The smallest absolute Gasteiger partial charge is 0.336 e. The van der Waals surface area contributed by atoms with Gasteiger partial charge in [-0.15, -0.1) is 5.10 Å². The van der Waals surface area contributed by atoms with E-state index in [1.54, 1.807) is 19.3 Å². The zero-order valence-corrected chi connectivity index (χ0v) is 18.3. The van der Waals surface area contributed by atoms with Gasteiger partial charge in [-0.25, -0.2) is 9.78 Å². The minimum Gasteiger partial charge on any atom is -0.456 e. The lowest BCUT2D eigenvalue weighted by Crippen LogP contribution is -2.45. The first-order chi connectivity index (χ1) is 15.5. The monoisotopic (exact) mass is 438 g/mol. The number of aromatic nitrogens is 6. The molecule has 2 aromatic heterocycles. The molecule has 32 heavy (non-hydrogen) atoms. The van der Waals surface area contributed by atoms with E-state index in [1.807, 2.05) is 4.90 Å². The standard InChI is InChI=1S/C21H26N8O3/c1-14-9-21(20(31)29(14)17-12-32-19(30)15(17)2)4-7-27(8-5-21)6-3-16-10-23-18(11-22-16)28-13-24-25-26-28/h10-11,13-14H,3-9,12H2,1-2H3. The highest BCUT2D eigenvalue weighted by Gasteiger charge is 2.53. The van der Waals surface area contributed by atoms with Crippen LogP contribution in [0, 0.1) is 5.41 Å². The van der Waals surface area contributed by atoms with E-state index in [4.69, 9.17) is 4.74 Å². The van der Waals surface area contributed by atoms with E-state index >= 15 is 0 Å². The second-order valence-corrected chi connectivity index (χ2v) is 8.87. The molecule has 1 amide bonds. The van der Waals surface area contributed by atoms with Crippen LogP contribution in [0.15, 0.2) is 30.0 Å². The predicted molar refractivity (Wildman–Crippen MR) is 111 cm³/mol. The third-order valence-corrected chi connectivity index (χ3v) is 6.94. The van der Waals surface area contributed by atoms with Crippen LogP contribution in [0.3, 0.4) is 0 Å². The van der Waals surface area contributed by atoms with Crippen LogP contribution < -0.4 is 0 Å². The summed E-state index contributed by atoms with van der Waals surface area (Å²) in [5.41, 5.74) is 1.89. The maximum Gasteiger partial charge on any atom is 0.336 e. The van der Waals surface area contributed by atoms with Crippen LogP contribution in [0.4, 0.5) is 0 Å². The van der Waals surface area contributed by atoms with Crippen molar-refractivity contribution in [3.05, 3.63) is 35.7 Å². The first-order valence-corrected chi connectivity index (χ1v) is 10.9. The summed E-state index contributed by atoms with van der Waals surface area (Å²) >= 11 is 0. The van der Waals surface area contributed by atoms with Gasteiger partial charge in [0, 0.05) is 19.0 Å². The topological polar surface area (TPSA) is 119 Å². The third kappa shape index (κ3) is 3.56. The number of rotatable bonds is 5. The summed E-state index contributed by atoms with van der Waals surface area (Å²) in [5.74, 6) is 0.419. The normalized spacial score (nSPS) is 23.4. The highest BCUT2D eigenvalue weighted by atomic mass is 16.5. The summed E-state index contributed by atoms with van der Waals surface area (Å²) < 4.78 is 6.61. The van der Waals surface area contributed by atoms with Crippen LogP contribution in [0.25, 0.3) is 5.82 Å². The number of piperidine rings is 1. The quantitative estimate of drug-likeness (QED) is 0.616. The number of esters is 1. The van der Waals surface area contributed by atoms with Gasteiger partial charge in [0.05, 0.1) is 34.8 Å². The Hall–Kier alpha value is -3.21. The van der Waals surface area contributed by atoms with E-state index in [0.717, 1.165) is 56.7 Å². The van der Waals surface area contributed by atoms with E-state index in [9.17, 15) is 9.59 Å². The molecule has 0 bridgehead atoms. The van der Waals surface area contributed by atoms with Gasteiger partial charge in [-0.05, 0) is 56.6 Å². The molecule has 5 heterocycles. The first kappa shape index (κ1) is 20.7. The molecule has 3 aliphatic rings. The lowest BCUT2D eigenvalue weighted by atomic mass is 9.76. The maximum atomic E-state index is 13.4. The van der Waals surface area contributed by atoms with Crippen molar-refractivity contribution < 1.29 is 14.3 Å². The Balaban J connectivity index is 1.17. The number of likely N-dealkylation sites (tertiary alicyclic amines) is 2. The number of ether oxygens (including phenoxy) is 1. The summed E-state index contributed by atoms with van der Waals surface area (Å²) in [6, 6.07) is 0.0856. The Labute approximate surface area is 185 Å². The van der Waals surface area contributed by atoms with Gasteiger partial charge in [0.25, 0.3) is 0 Å². The average molecular weight is 438 g/mol. The lowest BCUT2D eigenvalue weighted by Gasteiger charge is -2.38. The number of hydrogen-bond donors (Lipinski definition) is 0. The molecule has 0 N–H and O–H groups in total. The lowest BCUT2D eigenvalue weighted by molar-refractivity contribution is -0.139. The zero-order valence-electron chi connectivity index (χ0n) is 18.3. The fourth-order valence-corrected chi connectivity index (χ4v) is 5.06. The van der Waals surface area contributed by atoms with Crippen LogP contribution in [0.5, 0.6) is 0 Å². The minimum absolute atomic E-state index is 0.0856. The Bertz CT molecular complexity index is 1040. The van der Waals surface area contributed by atoms with E-state index < -0.39 is 0 Å². The number of nitrogens with zero attached hydrogens (tertiary/aromatic N) is 8. The molecule has 168 valence electrons. The van der Waals surface area contributed by atoms with Crippen LogP contribution in [-0.2, 0) is 20.7 Å². The molecule has 0 radical (unpaired) electrons. The van der Waals surface area contributed by atoms with Gasteiger partial charge < -0.3 is 14.5 Å². The summed E-state index contributed by atoms with van der Waals surface area (Å²) in [7, 11) is 0. The van der Waals surface area contributed by atoms with Crippen LogP contribution >= 0.6 is 0 Å².